The van der Waals surface area contributed by atoms with Gasteiger partial charge in [0.25, 0.3) is 0 Å². The molecule has 0 saturated heterocycles. The van der Waals surface area contributed by atoms with Gasteiger partial charge >= 0.3 is 0 Å². The van der Waals surface area contributed by atoms with Crippen LogP contribution >= 0.6 is 12.2 Å². The first-order valence-electron chi connectivity index (χ1n) is 8.52. The third-order valence-electron chi connectivity index (χ3n) is 3.90. The van der Waals surface area contributed by atoms with E-state index in [1.165, 1.54) is 24.0 Å². The van der Waals surface area contributed by atoms with Gasteiger partial charge in [-0.2, -0.15) is 0 Å². The maximum absolute atomic E-state index is 9.32. The van der Waals surface area contributed by atoms with Gasteiger partial charge in [-0.05, 0) is 48.3 Å². The van der Waals surface area contributed by atoms with Gasteiger partial charge in [0.15, 0.2) is 5.11 Å². The Labute approximate surface area is 150 Å². The van der Waals surface area contributed by atoms with Crippen LogP contribution in [0, 0.1) is 0 Å². The molecule has 2 rings (SSSR count). The zero-order chi connectivity index (χ0) is 17.2. The average molecular weight is 343 g/mol. The average Bonchev–Trinajstić information content (AvgIpc) is 2.61. The Morgan fingerprint density at radius 1 is 1.04 bits per heavy atom. The van der Waals surface area contributed by atoms with Crippen LogP contribution in [0.15, 0.2) is 54.6 Å². The van der Waals surface area contributed by atoms with Crippen LogP contribution in [0.25, 0.3) is 0 Å². The molecule has 0 bridgehead atoms. The molecule has 0 radical (unpaired) electrons. The van der Waals surface area contributed by atoms with E-state index < -0.39 is 0 Å². The maximum Gasteiger partial charge on any atom is 0.173 e. The van der Waals surface area contributed by atoms with Gasteiger partial charge in [-0.3, -0.25) is 0 Å². The van der Waals surface area contributed by atoms with Crippen molar-refractivity contribution in [1.29, 1.82) is 0 Å². The summed E-state index contributed by atoms with van der Waals surface area (Å²) < 4.78 is 0. The number of thiocarbonyl (C=S) groups is 1. The highest BCUT2D eigenvalue weighted by atomic mass is 32.1. The molecule has 0 amide bonds. The highest BCUT2D eigenvalue weighted by Crippen LogP contribution is 2.13. The topological polar surface area (TPSA) is 35.5 Å². The van der Waals surface area contributed by atoms with Gasteiger partial charge in [0.05, 0.1) is 6.61 Å². The normalized spacial score (nSPS) is 10.4. The number of unbranched alkanes of at least 4 members (excludes halogenated alkanes) is 1. The van der Waals surface area contributed by atoms with Crippen molar-refractivity contribution in [1.82, 2.24) is 4.90 Å². The Bertz CT molecular complexity index is 613. The molecule has 2 aromatic rings. The molecular formula is C20H26N2OS. The number of anilines is 1. The molecular weight excluding hydrogens is 316 g/mol. The lowest BCUT2D eigenvalue weighted by molar-refractivity contribution is 0.248. The standard InChI is InChI=1S/C20H26N2OS/c1-2-3-7-17-10-12-19(13-11-17)21-20(24)22(14-15-23)16-18-8-5-4-6-9-18/h4-6,8-13,23H,2-3,7,14-16H2,1H3,(H,21,24). The first-order valence-corrected chi connectivity index (χ1v) is 8.93. The molecule has 0 spiro atoms. The Balaban J connectivity index is 1.96. The quantitative estimate of drug-likeness (QED) is 0.704. The molecule has 0 unspecified atom stereocenters. The fraction of sp³-hybridized carbons (Fsp3) is 0.350. The van der Waals surface area contributed by atoms with Crippen molar-refractivity contribution < 1.29 is 5.11 Å². The van der Waals surface area contributed by atoms with Gasteiger partial charge in [0.2, 0.25) is 0 Å². The second-order valence-electron chi connectivity index (χ2n) is 5.86. The molecule has 0 fully saturated rings. The summed E-state index contributed by atoms with van der Waals surface area (Å²) in [6.45, 7) is 3.47. The lowest BCUT2D eigenvalue weighted by Crippen LogP contribution is -2.36. The molecule has 24 heavy (non-hydrogen) atoms. The molecule has 0 saturated carbocycles. The van der Waals surface area contributed by atoms with Crippen molar-refractivity contribution in [2.75, 3.05) is 18.5 Å². The summed E-state index contributed by atoms with van der Waals surface area (Å²) in [5.74, 6) is 0. The Kier molecular flexibility index (Phi) is 7.72. The van der Waals surface area contributed by atoms with Gasteiger partial charge in [-0.1, -0.05) is 55.8 Å². The number of aliphatic hydroxyl groups excluding tert-OH is 1. The summed E-state index contributed by atoms with van der Waals surface area (Å²) in [6, 6.07) is 18.6. The van der Waals surface area contributed by atoms with E-state index >= 15 is 0 Å². The van der Waals surface area contributed by atoms with Crippen LogP contribution in [-0.2, 0) is 13.0 Å². The summed E-state index contributed by atoms with van der Waals surface area (Å²) >= 11 is 5.53. The van der Waals surface area contributed by atoms with Crippen LogP contribution in [0.4, 0.5) is 5.69 Å². The number of hydrogen-bond donors (Lipinski definition) is 2. The second-order valence-corrected chi connectivity index (χ2v) is 6.25. The van der Waals surface area contributed by atoms with Crippen molar-refractivity contribution in [2.45, 2.75) is 32.7 Å². The predicted molar refractivity (Wildman–Crippen MR) is 105 cm³/mol. The fourth-order valence-corrected chi connectivity index (χ4v) is 2.79. The van der Waals surface area contributed by atoms with Gasteiger partial charge in [0.1, 0.15) is 0 Å². The van der Waals surface area contributed by atoms with Crippen LogP contribution in [-0.4, -0.2) is 28.3 Å². The van der Waals surface area contributed by atoms with Crippen LogP contribution in [0.2, 0.25) is 0 Å². The third kappa shape index (κ3) is 5.95. The number of benzene rings is 2. The molecule has 2 aromatic carbocycles. The van der Waals surface area contributed by atoms with E-state index in [0.29, 0.717) is 18.2 Å². The number of rotatable bonds is 8. The minimum absolute atomic E-state index is 0.0740. The molecule has 0 aromatic heterocycles. The lowest BCUT2D eigenvalue weighted by atomic mass is 10.1. The van der Waals surface area contributed by atoms with E-state index in [4.69, 9.17) is 12.2 Å². The summed E-state index contributed by atoms with van der Waals surface area (Å²) in [7, 11) is 0. The smallest absolute Gasteiger partial charge is 0.173 e. The van der Waals surface area contributed by atoms with Crippen LogP contribution < -0.4 is 5.32 Å². The van der Waals surface area contributed by atoms with Gasteiger partial charge in [-0.25, -0.2) is 0 Å². The summed E-state index contributed by atoms with van der Waals surface area (Å²) in [6.07, 6.45) is 3.54. The van der Waals surface area contributed by atoms with E-state index in [9.17, 15) is 5.11 Å². The number of nitrogens with one attached hydrogen (secondary N) is 1. The Morgan fingerprint density at radius 2 is 1.75 bits per heavy atom. The molecule has 0 aliphatic rings. The zero-order valence-corrected chi connectivity index (χ0v) is 15.1. The number of aliphatic hydroxyl groups is 1. The lowest BCUT2D eigenvalue weighted by Gasteiger charge is -2.25. The van der Waals surface area contributed by atoms with Crippen molar-refractivity contribution in [3.8, 4) is 0 Å². The SMILES string of the molecule is CCCCc1ccc(NC(=S)N(CCO)Cc2ccccc2)cc1. The van der Waals surface area contributed by atoms with Gasteiger partial charge in [-0.15, -0.1) is 0 Å². The van der Waals surface area contributed by atoms with Crippen molar-refractivity contribution in [3.05, 3.63) is 65.7 Å². The Hall–Kier alpha value is -1.91. The third-order valence-corrected chi connectivity index (χ3v) is 4.26. The number of nitrogens with zero attached hydrogens (tertiary/aromatic N) is 1. The minimum atomic E-state index is 0.0740. The van der Waals surface area contributed by atoms with Gasteiger partial charge < -0.3 is 15.3 Å². The maximum atomic E-state index is 9.32. The molecule has 0 heterocycles. The molecule has 128 valence electrons. The molecule has 4 heteroatoms. The summed E-state index contributed by atoms with van der Waals surface area (Å²) in [5.41, 5.74) is 3.51. The second kappa shape index (κ2) is 10.1. The van der Waals surface area contributed by atoms with Crippen molar-refractivity contribution in [2.24, 2.45) is 0 Å². The van der Waals surface area contributed by atoms with E-state index in [2.05, 4.69) is 48.6 Å². The molecule has 0 aliphatic heterocycles. The van der Waals surface area contributed by atoms with Crippen LogP contribution in [0.3, 0.4) is 0 Å². The monoisotopic (exact) mass is 342 g/mol. The summed E-state index contributed by atoms with van der Waals surface area (Å²) in [5, 5.41) is 13.2. The van der Waals surface area contributed by atoms with Gasteiger partial charge in [0, 0.05) is 18.8 Å². The first kappa shape index (κ1) is 18.4. The highest BCUT2D eigenvalue weighted by molar-refractivity contribution is 7.80. The van der Waals surface area contributed by atoms with Crippen molar-refractivity contribution >= 4 is 23.0 Å². The largest absolute Gasteiger partial charge is 0.395 e. The highest BCUT2D eigenvalue weighted by Gasteiger charge is 2.10. The minimum Gasteiger partial charge on any atom is -0.395 e. The number of aryl methyl sites for hydroxylation is 1. The molecule has 2 N–H and O–H groups in total. The van der Waals surface area contributed by atoms with E-state index in [1.54, 1.807) is 0 Å². The zero-order valence-electron chi connectivity index (χ0n) is 14.2. The number of hydrogen-bond acceptors (Lipinski definition) is 2. The first-order chi connectivity index (χ1) is 11.7. The van der Waals surface area contributed by atoms with E-state index in [0.717, 1.165) is 12.1 Å². The fourth-order valence-electron chi connectivity index (χ4n) is 2.52. The molecule has 3 nitrogen and oxygen atoms in total. The van der Waals surface area contributed by atoms with Crippen LogP contribution in [0.5, 0.6) is 0 Å². The van der Waals surface area contributed by atoms with E-state index in [-0.39, 0.29) is 6.61 Å². The van der Waals surface area contributed by atoms with Crippen LogP contribution in [0.1, 0.15) is 30.9 Å². The molecule has 0 atom stereocenters. The molecule has 0 aliphatic carbocycles. The summed E-state index contributed by atoms with van der Waals surface area (Å²) in [4.78, 5) is 1.98. The van der Waals surface area contributed by atoms with Crippen molar-refractivity contribution in [3.63, 3.8) is 0 Å². The Morgan fingerprint density at radius 3 is 2.38 bits per heavy atom. The predicted octanol–water partition coefficient (Wildman–Crippen LogP) is 4.22. The van der Waals surface area contributed by atoms with E-state index in [1.807, 2.05) is 23.1 Å².